The number of carbonyl (C=O) groups is 1. The fourth-order valence-electron chi connectivity index (χ4n) is 0.828. The molecule has 0 aliphatic carbocycles. The maximum atomic E-state index is 10.9. The molecule has 1 rings (SSSR count). The van der Waals surface area contributed by atoms with Crippen molar-refractivity contribution >= 4 is 47.8 Å². The van der Waals surface area contributed by atoms with Crippen LogP contribution in [0.1, 0.15) is 0 Å². The van der Waals surface area contributed by atoms with Crippen molar-refractivity contribution in [1.29, 1.82) is 0 Å². The summed E-state index contributed by atoms with van der Waals surface area (Å²) >= 11 is 3.10. The van der Waals surface area contributed by atoms with Gasteiger partial charge in [0.15, 0.2) is 0 Å². The predicted molar refractivity (Wildman–Crippen MR) is 56.9 cm³/mol. The van der Waals surface area contributed by atoms with Crippen molar-refractivity contribution in [2.75, 3.05) is 5.32 Å². The molecule has 0 unspecified atom stereocenters. The molecule has 4 nitrogen and oxygen atoms in total. The van der Waals surface area contributed by atoms with Gasteiger partial charge < -0.3 is 5.32 Å². The van der Waals surface area contributed by atoms with E-state index in [9.17, 15) is 13.2 Å². The third-order valence-electron chi connectivity index (χ3n) is 1.44. The van der Waals surface area contributed by atoms with Gasteiger partial charge in [-0.15, -0.1) is 0 Å². The molecule has 0 aliphatic heterocycles. The van der Waals surface area contributed by atoms with Crippen LogP contribution < -0.4 is 5.32 Å². The first-order valence-electron chi connectivity index (χ1n) is 3.39. The molecule has 1 aromatic rings. The summed E-state index contributed by atoms with van der Waals surface area (Å²) < 4.78 is 22.3. The summed E-state index contributed by atoms with van der Waals surface area (Å²) in [4.78, 5) is 10.1. The van der Waals surface area contributed by atoms with Crippen molar-refractivity contribution in [2.24, 2.45) is 0 Å². The first-order chi connectivity index (χ1) is 6.45. The molecule has 0 radical (unpaired) electrons. The number of anilines is 1. The lowest BCUT2D eigenvalue weighted by Gasteiger charge is -2.03. The van der Waals surface area contributed by atoms with Crippen molar-refractivity contribution < 1.29 is 13.2 Å². The van der Waals surface area contributed by atoms with E-state index in [0.717, 1.165) is 0 Å². The third kappa shape index (κ3) is 2.70. The number of nitrogens with one attached hydrogen (secondary N) is 1. The number of rotatable bonds is 3. The standard InChI is InChI=1S/C7H5BrClNO3S/c8-6-3-5(14(9,12)13)1-2-7(6)10-4-11/h1-4H,(H,10,11). The molecule has 7 heteroatoms. The second kappa shape index (κ2) is 4.29. The summed E-state index contributed by atoms with van der Waals surface area (Å²) in [6.45, 7) is 0. The van der Waals surface area contributed by atoms with Crippen LogP contribution >= 0.6 is 26.6 Å². The van der Waals surface area contributed by atoms with Crippen molar-refractivity contribution in [1.82, 2.24) is 0 Å². The summed E-state index contributed by atoms with van der Waals surface area (Å²) in [7, 11) is 1.39. The Balaban J connectivity index is 3.19. The molecular formula is C7H5BrClNO3S. The average Bonchev–Trinajstić information content (AvgIpc) is 2.07. The van der Waals surface area contributed by atoms with Crippen LogP contribution in [-0.2, 0) is 13.8 Å². The van der Waals surface area contributed by atoms with Gasteiger partial charge in [-0.1, -0.05) is 0 Å². The van der Waals surface area contributed by atoms with E-state index in [1.165, 1.54) is 18.2 Å². The van der Waals surface area contributed by atoms with E-state index < -0.39 is 9.05 Å². The Labute approximate surface area is 93.8 Å². The second-order valence-corrected chi connectivity index (χ2v) is 5.76. The normalized spacial score (nSPS) is 11.0. The van der Waals surface area contributed by atoms with E-state index in [1.807, 2.05) is 0 Å². The summed E-state index contributed by atoms with van der Waals surface area (Å²) in [6.07, 6.45) is 0.495. The Morgan fingerprint density at radius 3 is 2.50 bits per heavy atom. The number of benzene rings is 1. The summed E-state index contributed by atoms with van der Waals surface area (Å²) in [5.41, 5.74) is 0.476. The van der Waals surface area contributed by atoms with Gasteiger partial charge in [-0.2, -0.15) is 0 Å². The van der Waals surface area contributed by atoms with E-state index >= 15 is 0 Å². The lowest BCUT2D eigenvalue weighted by atomic mass is 10.3. The average molecular weight is 299 g/mol. The predicted octanol–water partition coefficient (Wildman–Crippen LogP) is 1.94. The van der Waals surface area contributed by atoms with Crippen LogP contribution in [0, 0.1) is 0 Å². The van der Waals surface area contributed by atoms with Gasteiger partial charge in [-0.3, -0.25) is 4.79 Å². The van der Waals surface area contributed by atoms with Gasteiger partial charge >= 0.3 is 0 Å². The highest BCUT2D eigenvalue weighted by Crippen LogP contribution is 2.26. The number of hydrogen-bond donors (Lipinski definition) is 1. The van der Waals surface area contributed by atoms with Crippen LogP contribution in [-0.4, -0.2) is 14.8 Å². The lowest BCUT2D eigenvalue weighted by molar-refractivity contribution is -0.105. The van der Waals surface area contributed by atoms with Gasteiger partial charge in [0.1, 0.15) is 0 Å². The first kappa shape index (κ1) is 11.5. The Hall–Kier alpha value is -0.590. The molecule has 0 aliphatic rings. The van der Waals surface area contributed by atoms with E-state index in [-0.39, 0.29) is 4.90 Å². The SMILES string of the molecule is O=CNc1ccc(S(=O)(=O)Cl)cc1Br. The molecule has 1 N–H and O–H groups in total. The minimum Gasteiger partial charge on any atom is -0.328 e. The Morgan fingerprint density at radius 1 is 1.43 bits per heavy atom. The molecule has 0 aromatic heterocycles. The van der Waals surface area contributed by atoms with E-state index in [1.54, 1.807) is 0 Å². The number of carbonyl (C=O) groups excluding carboxylic acids is 1. The Kier molecular flexibility index (Phi) is 3.52. The van der Waals surface area contributed by atoms with Crippen molar-refractivity contribution in [2.45, 2.75) is 4.90 Å². The largest absolute Gasteiger partial charge is 0.328 e. The molecule has 0 saturated heterocycles. The zero-order chi connectivity index (χ0) is 10.8. The van der Waals surface area contributed by atoms with E-state index in [0.29, 0.717) is 16.6 Å². The monoisotopic (exact) mass is 297 g/mol. The number of halogens is 2. The molecule has 0 spiro atoms. The third-order valence-corrected chi connectivity index (χ3v) is 3.44. The molecule has 1 aromatic carbocycles. The highest BCUT2D eigenvalue weighted by molar-refractivity contribution is 9.10. The highest BCUT2D eigenvalue weighted by Gasteiger charge is 2.11. The van der Waals surface area contributed by atoms with E-state index in [2.05, 4.69) is 21.2 Å². The van der Waals surface area contributed by atoms with E-state index in [4.69, 9.17) is 10.7 Å². The lowest BCUT2D eigenvalue weighted by Crippen LogP contribution is -1.96. The van der Waals surface area contributed by atoms with Gasteiger partial charge in [-0.25, -0.2) is 8.42 Å². The minimum absolute atomic E-state index is 0.0255. The molecule has 76 valence electrons. The Morgan fingerprint density at radius 2 is 2.07 bits per heavy atom. The summed E-state index contributed by atoms with van der Waals surface area (Å²) in [5.74, 6) is 0. The fourth-order valence-corrected chi connectivity index (χ4v) is 2.25. The summed E-state index contributed by atoms with van der Waals surface area (Å²) in [6, 6.07) is 4.06. The first-order valence-corrected chi connectivity index (χ1v) is 6.50. The molecule has 0 fully saturated rings. The maximum Gasteiger partial charge on any atom is 0.261 e. The zero-order valence-electron chi connectivity index (χ0n) is 6.70. The van der Waals surface area contributed by atoms with Crippen LogP contribution in [0.4, 0.5) is 5.69 Å². The zero-order valence-corrected chi connectivity index (χ0v) is 9.86. The van der Waals surface area contributed by atoms with Crippen LogP contribution in [0.25, 0.3) is 0 Å². The minimum atomic E-state index is -3.73. The van der Waals surface area contributed by atoms with Gasteiger partial charge in [0.25, 0.3) is 9.05 Å². The topological polar surface area (TPSA) is 63.2 Å². The number of hydrogen-bond acceptors (Lipinski definition) is 3. The fraction of sp³-hybridized carbons (Fsp3) is 0. The van der Waals surface area contributed by atoms with Crippen LogP contribution in [0.2, 0.25) is 0 Å². The molecule has 0 heterocycles. The van der Waals surface area contributed by atoms with Crippen LogP contribution in [0.15, 0.2) is 27.6 Å². The van der Waals surface area contributed by atoms with Crippen LogP contribution in [0.5, 0.6) is 0 Å². The van der Waals surface area contributed by atoms with Crippen LogP contribution in [0.3, 0.4) is 0 Å². The van der Waals surface area contributed by atoms with Crippen molar-refractivity contribution in [3.8, 4) is 0 Å². The molecular weight excluding hydrogens is 294 g/mol. The van der Waals surface area contributed by atoms with Crippen molar-refractivity contribution in [3.05, 3.63) is 22.7 Å². The molecule has 0 atom stereocenters. The second-order valence-electron chi connectivity index (χ2n) is 2.34. The van der Waals surface area contributed by atoms with Gasteiger partial charge in [-0.05, 0) is 34.1 Å². The molecule has 1 amide bonds. The highest BCUT2D eigenvalue weighted by atomic mass is 79.9. The molecule has 0 bridgehead atoms. The van der Waals surface area contributed by atoms with Gasteiger partial charge in [0.05, 0.1) is 10.6 Å². The quantitative estimate of drug-likeness (QED) is 0.685. The van der Waals surface area contributed by atoms with Crippen molar-refractivity contribution in [3.63, 3.8) is 0 Å². The van der Waals surface area contributed by atoms with Gasteiger partial charge in [0, 0.05) is 15.2 Å². The molecule has 0 saturated carbocycles. The Bertz CT molecular complexity index is 460. The number of amides is 1. The smallest absolute Gasteiger partial charge is 0.261 e. The summed E-state index contributed by atoms with van der Waals surface area (Å²) in [5, 5.41) is 2.39. The van der Waals surface area contributed by atoms with Gasteiger partial charge in [0.2, 0.25) is 6.41 Å². The molecule has 14 heavy (non-hydrogen) atoms. The maximum absolute atomic E-state index is 10.9.